The van der Waals surface area contributed by atoms with Gasteiger partial charge in [0, 0.05) is 0 Å². The first kappa shape index (κ1) is 21.5. The fourth-order valence-corrected chi connectivity index (χ4v) is 2.67. The summed E-state index contributed by atoms with van der Waals surface area (Å²) >= 11 is 11.7. The predicted octanol–water partition coefficient (Wildman–Crippen LogP) is 1.66. The maximum Gasteiger partial charge on any atom is 0.183 e. The van der Waals surface area contributed by atoms with E-state index in [1.807, 2.05) is 27.7 Å². The fourth-order valence-electron chi connectivity index (χ4n) is 2.03. The van der Waals surface area contributed by atoms with Crippen LogP contribution in [0.3, 0.4) is 0 Å². The molecular formula is C15H26Cl2N2O3. The van der Waals surface area contributed by atoms with Crippen LogP contribution in [-0.2, 0) is 14.4 Å². The second-order valence-electron chi connectivity index (χ2n) is 6.40. The maximum absolute atomic E-state index is 12.1. The van der Waals surface area contributed by atoms with E-state index in [-0.39, 0.29) is 11.8 Å². The van der Waals surface area contributed by atoms with Crippen molar-refractivity contribution in [3.8, 4) is 0 Å². The Bertz CT molecular complexity index is 378. The zero-order valence-corrected chi connectivity index (χ0v) is 15.0. The van der Waals surface area contributed by atoms with Gasteiger partial charge in [-0.2, -0.15) is 0 Å². The van der Waals surface area contributed by atoms with E-state index in [0.29, 0.717) is 12.8 Å². The molecule has 0 rings (SSSR count). The van der Waals surface area contributed by atoms with E-state index in [4.69, 9.17) is 34.7 Å². The van der Waals surface area contributed by atoms with Gasteiger partial charge in [-0.1, -0.05) is 27.7 Å². The number of carbonyl (C=O) groups is 3. The molecule has 5 nitrogen and oxygen atoms in total. The van der Waals surface area contributed by atoms with Crippen molar-refractivity contribution in [2.75, 3.05) is 0 Å². The van der Waals surface area contributed by atoms with E-state index in [1.165, 1.54) is 0 Å². The molecule has 0 aliphatic carbocycles. The van der Waals surface area contributed by atoms with Crippen molar-refractivity contribution >= 4 is 40.6 Å². The van der Waals surface area contributed by atoms with Crippen LogP contribution in [0.15, 0.2) is 0 Å². The number of Topliss-reactive ketones (excluding diaryl/α,β-unsaturated/α-hetero) is 3. The molecule has 0 aromatic heterocycles. The molecule has 0 radical (unpaired) electrons. The van der Waals surface area contributed by atoms with E-state index >= 15 is 0 Å². The molecule has 0 fully saturated rings. The number of hydrogen-bond acceptors (Lipinski definition) is 5. The molecule has 22 heavy (non-hydrogen) atoms. The highest BCUT2D eigenvalue weighted by molar-refractivity contribution is 6.52. The topological polar surface area (TPSA) is 103 Å². The average molecular weight is 353 g/mol. The van der Waals surface area contributed by atoms with Gasteiger partial charge in [0.15, 0.2) is 28.1 Å². The molecule has 0 bridgehead atoms. The van der Waals surface area contributed by atoms with Crippen LogP contribution in [-0.4, -0.2) is 40.2 Å². The Kier molecular flexibility index (Phi) is 9.39. The van der Waals surface area contributed by atoms with Crippen LogP contribution >= 0.6 is 23.2 Å². The van der Waals surface area contributed by atoms with Crippen LogP contribution in [0.1, 0.15) is 40.5 Å². The predicted molar refractivity (Wildman–Crippen MR) is 89.2 cm³/mol. The van der Waals surface area contributed by atoms with Crippen molar-refractivity contribution in [3.05, 3.63) is 0 Å². The van der Waals surface area contributed by atoms with E-state index in [0.717, 1.165) is 0 Å². The molecule has 0 aromatic carbocycles. The summed E-state index contributed by atoms with van der Waals surface area (Å²) in [7, 11) is 0. The summed E-state index contributed by atoms with van der Waals surface area (Å²) in [6.45, 7) is 7.60. The zero-order chi connectivity index (χ0) is 17.6. The molecule has 2 unspecified atom stereocenters. The van der Waals surface area contributed by atoms with E-state index in [2.05, 4.69) is 0 Å². The molecule has 4 N–H and O–H groups in total. The second kappa shape index (κ2) is 9.60. The minimum absolute atomic E-state index is 0.186. The minimum atomic E-state index is -1.52. The number of nitrogens with two attached hydrogens (primary N) is 2. The van der Waals surface area contributed by atoms with Crippen molar-refractivity contribution in [3.63, 3.8) is 0 Å². The number of hydrogen-bond donors (Lipinski definition) is 2. The van der Waals surface area contributed by atoms with E-state index < -0.39 is 40.2 Å². The first-order chi connectivity index (χ1) is 9.98. The smallest absolute Gasteiger partial charge is 0.183 e. The second-order valence-corrected chi connectivity index (χ2v) is 7.28. The third-order valence-corrected chi connectivity index (χ3v) is 4.04. The summed E-state index contributed by atoms with van der Waals surface area (Å²) in [5.41, 5.74) is 11.4. The molecule has 0 aromatic rings. The highest BCUT2D eigenvalue weighted by Crippen LogP contribution is 2.16. The van der Waals surface area contributed by atoms with Crippen molar-refractivity contribution in [2.24, 2.45) is 23.3 Å². The van der Waals surface area contributed by atoms with Crippen LogP contribution in [0.5, 0.6) is 0 Å². The first-order valence-corrected chi connectivity index (χ1v) is 8.26. The van der Waals surface area contributed by atoms with Crippen LogP contribution < -0.4 is 11.5 Å². The van der Waals surface area contributed by atoms with E-state index in [9.17, 15) is 14.4 Å². The normalized spacial score (nSPS) is 17.2. The molecule has 0 aliphatic rings. The number of rotatable bonds is 10. The third kappa shape index (κ3) is 6.73. The molecule has 0 aliphatic heterocycles. The Morgan fingerprint density at radius 3 is 1.23 bits per heavy atom. The molecule has 0 saturated carbocycles. The Morgan fingerprint density at radius 2 is 1.00 bits per heavy atom. The molecule has 0 saturated heterocycles. The van der Waals surface area contributed by atoms with Crippen molar-refractivity contribution in [2.45, 2.75) is 63.4 Å². The van der Waals surface area contributed by atoms with Crippen LogP contribution in [0.2, 0.25) is 0 Å². The first-order valence-electron chi connectivity index (χ1n) is 7.39. The van der Waals surface area contributed by atoms with Gasteiger partial charge < -0.3 is 11.5 Å². The van der Waals surface area contributed by atoms with Gasteiger partial charge in [0.05, 0.1) is 12.1 Å². The largest absolute Gasteiger partial charge is 0.321 e. The number of carbonyl (C=O) groups excluding carboxylic acids is 3. The highest BCUT2D eigenvalue weighted by atomic mass is 35.5. The van der Waals surface area contributed by atoms with Crippen molar-refractivity contribution < 1.29 is 14.4 Å². The minimum Gasteiger partial charge on any atom is -0.321 e. The molecule has 0 amide bonds. The van der Waals surface area contributed by atoms with Gasteiger partial charge in [-0.25, -0.2) is 0 Å². The third-order valence-electron chi connectivity index (χ3n) is 3.18. The molecule has 128 valence electrons. The average Bonchev–Trinajstić information content (AvgIpc) is 2.41. The maximum atomic E-state index is 12.1. The van der Waals surface area contributed by atoms with Gasteiger partial charge in [-0.3, -0.25) is 14.4 Å². The molecular weight excluding hydrogens is 327 g/mol. The fraction of sp³-hybridized carbons (Fsp3) is 0.800. The van der Waals surface area contributed by atoms with Crippen LogP contribution in [0.25, 0.3) is 0 Å². The lowest BCUT2D eigenvalue weighted by Crippen LogP contribution is -2.47. The summed E-state index contributed by atoms with van der Waals surface area (Å²) in [4.78, 5) is 36.1. The Balaban J connectivity index is 4.80. The summed E-state index contributed by atoms with van der Waals surface area (Å²) < 4.78 is 0. The lowest BCUT2D eigenvalue weighted by atomic mass is 9.94. The molecule has 4 atom stereocenters. The van der Waals surface area contributed by atoms with Crippen LogP contribution in [0.4, 0.5) is 0 Å². The van der Waals surface area contributed by atoms with Gasteiger partial charge in [0.1, 0.15) is 0 Å². The summed E-state index contributed by atoms with van der Waals surface area (Å²) in [5, 5.41) is -3.04. The Labute approximate surface area is 142 Å². The summed E-state index contributed by atoms with van der Waals surface area (Å²) in [6, 6.07) is -1.70. The summed E-state index contributed by atoms with van der Waals surface area (Å²) in [6.07, 6.45) is 0.812. The summed E-state index contributed by atoms with van der Waals surface area (Å²) in [5.74, 6) is -1.71. The zero-order valence-electron chi connectivity index (χ0n) is 13.5. The highest BCUT2D eigenvalue weighted by Gasteiger charge is 2.37. The Morgan fingerprint density at radius 1 is 0.727 bits per heavy atom. The van der Waals surface area contributed by atoms with E-state index in [1.54, 1.807) is 0 Å². The monoisotopic (exact) mass is 352 g/mol. The van der Waals surface area contributed by atoms with Gasteiger partial charge in [0.25, 0.3) is 0 Å². The van der Waals surface area contributed by atoms with Crippen molar-refractivity contribution in [1.29, 1.82) is 0 Å². The van der Waals surface area contributed by atoms with Gasteiger partial charge in [-0.15, -0.1) is 23.2 Å². The van der Waals surface area contributed by atoms with Gasteiger partial charge in [-0.05, 0) is 24.7 Å². The number of alkyl halides is 2. The van der Waals surface area contributed by atoms with Gasteiger partial charge >= 0.3 is 0 Å². The van der Waals surface area contributed by atoms with Gasteiger partial charge in [0.2, 0.25) is 0 Å². The van der Waals surface area contributed by atoms with Crippen molar-refractivity contribution in [1.82, 2.24) is 0 Å². The molecule has 0 heterocycles. The lowest BCUT2D eigenvalue weighted by molar-refractivity contribution is -0.130. The van der Waals surface area contributed by atoms with Crippen LogP contribution in [0, 0.1) is 11.8 Å². The number of halogens is 2. The quantitative estimate of drug-likeness (QED) is 0.459. The standard InChI is InChI=1S/C15H26Cl2N2O3/c1-7(2)5-9(18)13(20)11(16)15(22)12(17)14(21)10(19)6-8(3)4/h7-12H,5-6,18-19H2,1-4H3/t9-,10-,11?,12?/m0/s1. The lowest BCUT2D eigenvalue weighted by Gasteiger charge is -2.19. The number of ketones is 3. The molecule has 7 heteroatoms. The Hall–Kier alpha value is -0.490. The SMILES string of the molecule is CC(C)C[C@H](N)C(=O)C(Cl)C(=O)C(Cl)C(=O)[C@@H](N)CC(C)C. The molecule has 0 spiro atoms.